The SMILES string of the molecule is C#CCN(C)CCCc1cn(-c2cc(NC(=S)NCC)ncn2)cn1. The molecule has 0 fully saturated rings. The van der Waals surface area contributed by atoms with Gasteiger partial charge in [0.1, 0.15) is 24.3 Å². The van der Waals surface area contributed by atoms with Gasteiger partial charge in [-0.2, -0.15) is 0 Å². The summed E-state index contributed by atoms with van der Waals surface area (Å²) in [5.41, 5.74) is 1.02. The highest BCUT2D eigenvalue weighted by molar-refractivity contribution is 7.80. The van der Waals surface area contributed by atoms with E-state index in [1.807, 2.05) is 30.8 Å². The molecule has 0 spiro atoms. The Hall–Kier alpha value is -2.50. The van der Waals surface area contributed by atoms with E-state index in [0.717, 1.165) is 37.4 Å². The largest absolute Gasteiger partial charge is 0.363 e. The van der Waals surface area contributed by atoms with Crippen molar-refractivity contribution in [1.29, 1.82) is 0 Å². The summed E-state index contributed by atoms with van der Waals surface area (Å²) < 4.78 is 1.88. The van der Waals surface area contributed by atoms with Gasteiger partial charge in [0.05, 0.1) is 12.2 Å². The fourth-order valence-corrected chi connectivity index (χ4v) is 2.51. The molecule has 0 saturated heterocycles. The number of nitrogens with zero attached hydrogens (tertiary/aromatic N) is 5. The highest BCUT2D eigenvalue weighted by Crippen LogP contribution is 2.11. The van der Waals surface area contributed by atoms with Crippen molar-refractivity contribution < 1.29 is 0 Å². The molecule has 2 rings (SSSR count). The van der Waals surface area contributed by atoms with Gasteiger partial charge in [-0.05, 0) is 45.6 Å². The smallest absolute Gasteiger partial charge is 0.171 e. The molecule has 0 atom stereocenters. The lowest BCUT2D eigenvalue weighted by Crippen LogP contribution is -2.28. The predicted molar refractivity (Wildman–Crippen MR) is 104 cm³/mol. The quantitative estimate of drug-likeness (QED) is 0.547. The van der Waals surface area contributed by atoms with Gasteiger partial charge in [0.2, 0.25) is 0 Å². The fraction of sp³-hybridized carbons (Fsp3) is 0.412. The molecule has 7 nitrogen and oxygen atoms in total. The van der Waals surface area contributed by atoms with Crippen LogP contribution in [0.2, 0.25) is 0 Å². The third kappa shape index (κ3) is 6.14. The first kappa shape index (κ1) is 18.8. The van der Waals surface area contributed by atoms with Crippen LogP contribution in [-0.4, -0.2) is 56.2 Å². The molecule has 0 amide bonds. The topological polar surface area (TPSA) is 70.9 Å². The summed E-state index contributed by atoms with van der Waals surface area (Å²) in [6.45, 7) is 4.35. The number of rotatable bonds is 8. The predicted octanol–water partition coefficient (Wildman–Crippen LogP) is 1.47. The zero-order valence-electron chi connectivity index (χ0n) is 14.6. The van der Waals surface area contributed by atoms with Gasteiger partial charge in [0, 0.05) is 18.8 Å². The number of imidazole rings is 1. The van der Waals surface area contributed by atoms with Crippen molar-refractivity contribution in [1.82, 2.24) is 29.7 Å². The van der Waals surface area contributed by atoms with E-state index in [4.69, 9.17) is 18.6 Å². The van der Waals surface area contributed by atoms with E-state index in [1.165, 1.54) is 6.33 Å². The molecule has 0 aromatic carbocycles. The van der Waals surface area contributed by atoms with Crippen molar-refractivity contribution in [2.75, 3.05) is 32.0 Å². The lowest BCUT2D eigenvalue weighted by Gasteiger charge is -2.11. The number of anilines is 1. The number of hydrogen-bond donors (Lipinski definition) is 2. The first-order valence-electron chi connectivity index (χ1n) is 8.14. The molecule has 2 aromatic rings. The van der Waals surface area contributed by atoms with Gasteiger partial charge in [-0.3, -0.25) is 9.47 Å². The second-order valence-corrected chi connectivity index (χ2v) is 5.97. The Kier molecular flexibility index (Phi) is 7.32. The Morgan fingerprint density at radius 2 is 2.24 bits per heavy atom. The van der Waals surface area contributed by atoms with Crippen molar-refractivity contribution in [2.45, 2.75) is 19.8 Å². The van der Waals surface area contributed by atoms with E-state index in [-0.39, 0.29) is 0 Å². The summed E-state index contributed by atoms with van der Waals surface area (Å²) in [5.74, 6) is 4.02. The minimum Gasteiger partial charge on any atom is -0.363 e. The van der Waals surface area contributed by atoms with Crippen LogP contribution in [0.15, 0.2) is 24.9 Å². The summed E-state index contributed by atoms with van der Waals surface area (Å²) in [5, 5.41) is 6.59. The van der Waals surface area contributed by atoms with Gasteiger partial charge < -0.3 is 10.6 Å². The maximum absolute atomic E-state index is 5.30. The molecule has 25 heavy (non-hydrogen) atoms. The fourth-order valence-electron chi connectivity index (χ4n) is 2.26. The highest BCUT2D eigenvalue weighted by atomic mass is 32.1. The zero-order chi connectivity index (χ0) is 18.1. The number of hydrogen-bond acceptors (Lipinski definition) is 5. The molecule has 0 bridgehead atoms. The van der Waals surface area contributed by atoms with Crippen molar-refractivity contribution in [3.05, 3.63) is 30.6 Å². The van der Waals surface area contributed by atoms with Crippen LogP contribution in [0.4, 0.5) is 5.82 Å². The van der Waals surface area contributed by atoms with Gasteiger partial charge in [-0.25, -0.2) is 15.0 Å². The van der Waals surface area contributed by atoms with Crippen molar-refractivity contribution in [3.63, 3.8) is 0 Å². The van der Waals surface area contributed by atoms with Crippen LogP contribution in [0.1, 0.15) is 19.0 Å². The van der Waals surface area contributed by atoms with Crippen LogP contribution in [0.25, 0.3) is 5.82 Å². The molecule has 2 N–H and O–H groups in total. The van der Waals surface area contributed by atoms with Gasteiger partial charge in [0.15, 0.2) is 5.11 Å². The Labute approximate surface area is 153 Å². The van der Waals surface area contributed by atoms with Crippen LogP contribution in [-0.2, 0) is 6.42 Å². The average molecular weight is 357 g/mol. The molecule has 0 unspecified atom stereocenters. The van der Waals surface area contributed by atoms with Crippen LogP contribution in [0, 0.1) is 12.3 Å². The molecule has 2 heterocycles. The summed E-state index contributed by atoms with van der Waals surface area (Å²) >= 11 is 5.17. The summed E-state index contributed by atoms with van der Waals surface area (Å²) in [6, 6.07) is 1.83. The third-order valence-electron chi connectivity index (χ3n) is 3.47. The normalized spacial score (nSPS) is 10.5. The molecule has 132 valence electrons. The molecule has 8 heteroatoms. The summed E-state index contributed by atoms with van der Waals surface area (Å²) in [7, 11) is 2.02. The van der Waals surface area contributed by atoms with Crippen LogP contribution in [0.5, 0.6) is 0 Å². The number of nitrogens with one attached hydrogen (secondary N) is 2. The Bertz CT molecular complexity index is 735. The minimum absolute atomic E-state index is 0.537. The van der Waals surface area contributed by atoms with E-state index in [0.29, 0.717) is 17.5 Å². The number of aromatic nitrogens is 4. The Morgan fingerprint density at radius 1 is 1.40 bits per heavy atom. The standard InChI is InChI=1S/C17H23N7S/c1-4-8-23(3)9-6-7-14-11-24(13-21-14)16-10-15(19-12-20-16)22-17(25)18-5-2/h1,10-13H,5-9H2,2-3H3,(H2,18,19,20,22,25). The Morgan fingerprint density at radius 3 is 3.00 bits per heavy atom. The number of thiocarbonyl (C=S) groups is 1. The van der Waals surface area contributed by atoms with Crippen molar-refractivity contribution >= 4 is 23.1 Å². The molecule has 2 aromatic heterocycles. The second kappa shape index (κ2) is 9.71. The maximum Gasteiger partial charge on any atom is 0.171 e. The molecular formula is C17H23N7S. The van der Waals surface area contributed by atoms with Gasteiger partial charge >= 0.3 is 0 Å². The molecule has 0 radical (unpaired) electrons. The first-order chi connectivity index (χ1) is 12.1. The molecular weight excluding hydrogens is 334 g/mol. The van der Waals surface area contributed by atoms with E-state index in [2.05, 4.69) is 36.4 Å². The van der Waals surface area contributed by atoms with E-state index in [1.54, 1.807) is 6.33 Å². The molecule has 0 saturated carbocycles. The van der Waals surface area contributed by atoms with E-state index in [9.17, 15) is 0 Å². The van der Waals surface area contributed by atoms with Crippen molar-refractivity contribution in [3.8, 4) is 18.2 Å². The van der Waals surface area contributed by atoms with Gasteiger partial charge in [0.25, 0.3) is 0 Å². The lowest BCUT2D eigenvalue weighted by atomic mass is 10.2. The second-order valence-electron chi connectivity index (χ2n) is 5.56. The number of terminal acetylenes is 1. The monoisotopic (exact) mass is 357 g/mol. The summed E-state index contributed by atoms with van der Waals surface area (Å²) in [4.78, 5) is 15.0. The van der Waals surface area contributed by atoms with Gasteiger partial charge in [-0.1, -0.05) is 5.92 Å². The van der Waals surface area contributed by atoms with E-state index >= 15 is 0 Å². The number of aryl methyl sites for hydroxylation is 1. The molecule has 0 aliphatic heterocycles. The van der Waals surface area contributed by atoms with Crippen LogP contribution in [0.3, 0.4) is 0 Å². The highest BCUT2D eigenvalue weighted by Gasteiger charge is 2.05. The van der Waals surface area contributed by atoms with E-state index < -0.39 is 0 Å². The van der Waals surface area contributed by atoms with Gasteiger partial charge in [-0.15, -0.1) is 6.42 Å². The van der Waals surface area contributed by atoms with Crippen LogP contribution >= 0.6 is 12.2 Å². The van der Waals surface area contributed by atoms with Crippen LogP contribution < -0.4 is 10.6 Å². The molecule has 0 aliphatic carbocycles. The Balaban J connectivity index is 1.95. The average Bonchev–Trinajstić information content (AvgIpc) is 3.04. The van der Waals surface area contributed by atoms with Crippen molar-refractivity contribution in [2.24, 2.45) is 0 Å². The minimum atomic E-state index is 0.537. The lowest BCUT2D eigenvalue weighted by molar-refractivity contribution is 0.369. The summed E-state index contributed by atoms with van der Waals surface area (Å²) in [6.07, 6.45) is 12.4. The zero-order valence-corrected chi connectivity index (χ0v) is 15.4. The molecule has 0 aliphatic rings. The third-order valence-corrected chi connectivity index (χ3v) is 3.71. The first-order valence-corrected chi connectivity index (χ1v) is 8.55. The maximum atomic E-state index is 5.30.